The summed E-state index contributed by atoms with van der Waals surface area (Å²) in [6.45, 7) is 4.67. The molecule has 0 bridgehead atoms. The van der Waals surface area contributed by atoms with E-state index in [2.05, 4.69) is 5.32 Å². The highest BCUT2D eigenvalue weighted by molar-refractivity contribution is 7.92. The number of rotatable bonds is 5. The van der Waals surface area contributed by atoms with Crippen molar-refractivity contribution in [2.24, 2.45) is 0 Å². The Labute approximate surface area is 145 Å². The van der Waals surface area contributed by atoms with Crippen molar-refractivity contribution >= 4 is 27.3 Å². The van der Waals surface area contributed by atoms with Crippen LogP contribution in [0.3, 0.4) is 0 Å². The lowest BCUT2D eigenvalue weighted by Crippen LogP contribution is -2.32. The summed E-state index contributed by atoms with van der Waals surface area (Å²) in [5, 5.41) is 2.58. The van der Waals surface area contributed by atoms with E-state index in [1.54, 1.807) is 26.0 Å². The van der Waals surface area contributed by atoms with Gasteiger partial charge in [-0.25, -0.2) is 17.2 Å². The third-order valence-corrected chi connectivity index (χ3v) is 5.47. The molecule has 0 atom stereocenters. The zero-order valence-electron chi connectivity index (χ0n) is 14.0. The molecule has 5 nitrogen and oxygen atoms in total. The molecule has 1 N–H and O–H groups in total. The molecule has 0 aliphatic heterocycles. The van der Waals surface area contributed by atoms with E-state index in [-0.39, 0.29) is 12.5 Å². The molecule has 2 aromatic rings. The summed E-state index contributed by atoms with van der Waals surface area (Å²) in [4.78, 5) is 10.6. The van der Waals surface area contributed by atoms with Crippen molar-refractivity contribution in [3.63, 3.8) is 0 Å². The highest BCUT2D eigenvalue weighted by atomic mass is 32.2. The highest BCUT2D eigenvalue weighted by Crippen LogP contribution is 2.30. The fourth-order valence-corrected chi connectivity index (χ4v) is 4.01. The van der Waals surface area contributed by atoms with Crippen LogP contribution in [0, 0.1) is 18.6 Å². The molecule has 134 valence electrons. The van der Waals surface area contributed by atoms with Crippen molar-refractivity contribution in [2.45, 2.75) is 25.7 Å². The number of hydrogen-bond donors (Lipinski definition) is 1. The van der Waals surface area contributed by atoms with Gasteiger partial charge in [0.05, 0.1) is 5.69 Å². The van der Waals surface area contributed by atoms with Crippen molar-refractivity contribution in [3.8, 4) is 0 Å². The molecule has 0 fully saturated rings. The van der Waals surface area contributed by atoms with E-state index >= 15 is 0 Å². The summed E-state index contributed by atoms with van der Waals surface area (Å²) in [5.74, 6) is -2.32. The van der Waals surface area contributed by atoms with Crippen LogP contribution in [0.5, 0.6) is 0 Å². The molecule has 0 heterocycles. The molecule has 1 amide bonds. The topological polar surface area (TPSA) is 66.5 Å². The second-order valence-electron chi connectivity index (χ2n) is 5.43. The van der Waals surface area contributed by atoms with Crippen molar-refractivity contribution < 1.29 is 22.0 Å². The van der Waals surface area contributed by atoms with Crippen LogP contribution in [0.2, 0.25) is 0 Å². The summed E-state index contributed by atoms with van der Waals surface area (Å²) in [5.41, 5.74) is 1.35. The number of halogens is 2. The van der Waals surface area contributed by atoms with E-state index in [0.717, 1.165) is 16.4 Å². The Balaban J connectivity index is 2.57. The molecule has 0 aliphatic rings. The molecule has 0 spiro atoms. The highest BCUT2D eigenvalue weighted by Gasteiger charge is 2.28. The predicted octanol–water partition coefficient (Wildman–Crippen LogP) is 3.45. The van der Waals surface area contributed by atoms with Crippen LogP contribution in [-0.2, 0) is 14.8 Å². The molecule has 25 heavy (non-hydrogen) atoms. The third kappa shape index (κ3) is 3.96. The lowest BCUT2D eigenvalue weighted by Gasteiger charge is -2.25. The Bertz CT molecular complexity index is 914. The molecule has 0 radical (unpaired) electrons. The summed E-state index contributed by atoms with van der Waals surface area (Å²) in [6, 6.07) is 7.11. The van der Waals surface area contributed by atoms with Gasteiger partial charge in [0.15, 0.2) is 0 Å². The predicted molar refractivity (Wildman–Crippen MR) is 92.0 cm³/mol. The van der Waals surface area contributed by atoms with Gasteiger partial charge in [-0.1, -0.05) is 6.07 Å². The average Bonchev–Trinajstić information content (AvgIpc) is 2.50. The van der Waals surface area contributed by atoms with Crippen LogP contribution in [0.1, 0.15) is 19.4 Å². The Morgan fingerprint density at radius 2 is 1.84 bits per heavy atom. The number of benzene rings is 2. The maximum Gasteiger partial charge on any atom is 0.267 e. The van der Waals surface area contributed by atoms with Gasteiger partial charge in [-0.05, 0) is 43.7 Å². The third-order valence-electron chi connectivity index (χ3n) is 3.55. The lowest BCUT2D eigenvalue weighted by molar-refractivity contribution is -0.114. The Hall–Kier alpha value is -2.48. The van der Waals surface area contributed by atoms with Crippen LogP contribution >= 0.6 is 0 Å². The first-order valence-electron chi connectivity index (χ1n) is 7.53. The van der Waals surface area contributed by atoms with Gasteiger partial charge in [0.25, 0.3) is 10.0 Å². The van der Waals surface area contributed by atoms with E-state index in [0.29, 0.717) is 23.0 Å². The summed E-state index contributed by atoms with van der Waals surface area (Å²) < 4.78 is 53.8. The Morgan fingerprint density at radius 3 is 2.40 bits per heavy atom. The minimum absolute atomic E-state index is 0.0313. The molecule has 8 heteroatoms. The van der Waals surface area contributed by atoms with E-state index in [9.17, 15) is 22.0 Å². The maximum absolute atomic E-state index is 14.0. The molecular weight excluding hydrogens is 350 g/mol. The number of sulfonamides is 1. The fraction of sp³-hybridized carbons (Fsp3) is 0.235. The maximum atomic E-state index is 14.0. The average molecular weight is 368 g/mol. The van der Waals surface area contributed by atoms with Crippen molar-refractivity contribution in [3.05, 3.63) is 53.6 Å². The monoisotopic (exact) mass is 368 g/mol. The van der Waals surface area contributed by atoms with Crippen LogP contribution in [0.25, 0.3) is 0 Å². The first-order valence-corrected chi connectivity index (χ1v) is 8.97. The largest absolute Gasteiger partial charge is 0.326 e. The SMILES string of the molecule is CCN(c1cc(NC(C)=O)ccc1C)S(=O)(=O)c1ccc(F)cc1F. The quantitative estimate of drug-likeness (QED) is 0.879. The number of amides is 1. The molecule has 0 aliphatic carbocycles. The molecule has 2 rings (SSSR count). The van der Waals surface area contributed by atoms with E-state index in [1.807, 2.05) is 0 Å². The second-order valence-corrected chi connectivity index (χ2v) is 7.26. The minimum atomic E-state index is -4.24. The van der Waals surface area contributed by atoms with Gasteiger partial charge in [0, 0.05) is 25.2 Å². The van der Waals surface area contributed by atoms with Gasteiger partial charge in [-0.3, -0.25) is 9.10 Å². The molecule has 0 aromatic heterocycles. The molecule has 0 saturated heterocycles. The number of nitrogens with one attached hydrogen (secondary N) is 1. The number of nitrogens with zero attached hydrogens (tertiary/aromatic N) is 1. The van der Waals surface area contributed by atoms with Crippen LogP contribution in [-0.4, -0.2) is 20.9 Å². The van der Waals surface area contributed by atoms with Crippen molar-refractivity contribution in [1.82, 2.24) is 0 Å². The smallest absolute Gasteiger partial charge is 0.267 e. The molecule has 0 saturated carbocycles. The van der Waals surface area contributed by atoms with Gasteiger partial charge in [0.1, 0.15) is 16.5 Å². The summed E-state index contributed by atoms with van der Waals surface area (Å²) in [6.07, 6.45) is 0. The van der Waals surface area contributed by atoms with Gasteiger partial charge in [-0.15, -0.1) is 0 Å². The molecule has 2 aromatic carbocycles. The molecule has 0 unspecified atom stereocenters. The summed E-state index contributed by atoms with van der Waals surface area (Å²) >= 11 is 0. The normalized spacial score (nSPS) is 11.2. The van der Waals surface area contributed by atoms with E-state index in [1.165, 1.54) is 13.0 Å². The lowest BCUT2D eigenvalue weighted by atomic mass is 10.2. The van der Waals surface area contributed by atoms with Crippen LogP contribution in [0.15, 0.2) is 41.3 Å². The van der Waals surface area contributed by atoms with E-state index in [4.69, 9.17) is 0 Å². The van der Waals surface area contributed by atoms with Gasteiger partial charge in [0.2, 0.25) is 5.91 Å². The van der Waals surface area contributed by atoms with Crippen LogP contribution in [0.4, 0.5) is 20.2 Å². The van der Waals surface area contributed by atoms with Gasteiger partial charge >= 0.3 is 0 Å². The van der Waals surface area contributed by atoms with Crippen molar-refractivity contribution in [2.75, 3.05) is 16.2 Å². The Kier molecular flexibility index (Phi) is 5.42. The number of carbonyl (C=O) groups excluding carboxylic acids is 1. The zero-order valence-corrected chi connectivity index (χ0v) is 14.8. The van der Waals surface area contributed by atoms with Gasteiger partial charge in [-0.2, -0.15) is 0 Å². The Morgan fingerprint density at radius 1 is 1.16 bits per heavy atom. The number of aryl methyl sites for hydroxylation is 1. The number of carbonyl (C=O) groups is 1. The standard InChI is InChI=1S/C17H18F2N2O3S/c1-4-21(16-10-14(20-12(3)22)7-5-11(16)2)25(23,24)17-8-6-13(18)9-15(17)19/h5-10H,4H2,1-3H3,(H,20,22). The first kappa shape index (κ1) is 18.9. The number of anilines is 2. The minimum Gasteiger partial charge on any atom is -0.326 e. The van der Waals surface area contributed by atoms with Crippen LogP contribution < -0.4 is 9.62 Å². The first-order chi connectivity index (χ1) is 11.7. The zero-order chi connectivity index (χ0) is 18.8. The fourth-order valence-electron chi connectivity index (χ4n) is 2.43. The number of hydrogen-bond acceptors (Lipinski definition) is 3. The van der Waals surface area contributed by atoms with E-state index < -0.39 is 26.6 Å². The molecular formula is C17H18F2N2O3S. The summed E-state index contributed by atoms with van der Waals surface area (Å²) in [7, 11) is -4.24. The van der Waals surface area contributed by atoms with Gasteiger partial charge < -0.3 is 5.32 Å². The second kappa shape index (κ2) is 7.18. The van der Waals surface area contributed by atoms with Crippen molar-refractivity contribution in [1.29, 1.82) is 0 Å².